The van der Waals surface area contributed by atoms with Crippen LogP contribution in [0.3, 0.4) is 0 Å². The zero-order valence-corrected chi connectivity index (χ0v) is 18.9. The number of fused-ring (bicyclic) bond motifs is 1. The quantitative estimate of drug-likeness (QED) is 0.576. The zero-order chi connectivity index (χ0) is 25.0. The van der Waals surface area contributed by atoms with Crippen LogP contribution in [-0.4, -0.2) is 77.8 Å². The molecule has 2 aromatic rings. The van der Waals surface area contributed by atoms with Gasteiger partial charge in [0.25, 0.3) is 5.56 Å². The Kier molecular flexibility index (Phi) is 7.34. The average Bonchev–Trinajstić information content (AvgIpc) is 2.84. The maximum Gasteiger partial charge on any atom is 0.417 e. The molecule has 0 aromatic carbocycles. The topological polar surface area (TPSA) is 112 Å². The molecule has 0 atom stereocenters. The van der Waals surface area contributed by atoms with Crippen molar-refractivity contribution in [2.45, 2.75) is 25.4 Å². The SMILES string of the molecule is O=C(CCOCCN1C(=O)CCc2c1cn[nH]c2=O)N1CCN(c2ccc(C(F)(F)F)cn2)CC1. The highest BCUT2D eigenvalue weighted by Crippen LogP contribution is 2.29. The van der Waals surface area contributed by atoms with E-state index in [2.05, 4.69) is 15.2 Å². The van der Waals surface area contributed by atoms with E-state index in [4.69, 9.17) is 4.74 Å². The first-order valence-corrected chi connectivity index (χ1v) is 11.2. The van der Waals surface area contributed by atoms with Gasteiger partial charge in [-0.1, -0.05) is 0 Å². The molecule has 0 bridgehead atoms. The van der Waals surface area contributed by atoms with Crippen LogP contribution in [0.25, 0.3) is 0 Å². The third kappa shape index (κ3) is 5.78. The molecule has 35 heavy (non-hydrogen) atoms. The molecule has 10 nitrogen and oxygen atoms in total. The maximum absolute atomic E-state index is 12.7. The number of aromatic amines is 1. The number of hydrogen-bond acceptors (Lipinski definition) is 7. The number of halogens is 3. The minimum Gasteiger partial charge on any atom is -0.379 e. The summed E-state index contributed by atoms with van der Waals surface area (Å²) in [5, 5.41) is 6.13. The van der Waals surface area contributed by atoms with E-state index in [0.717, 1.165) is 12.3 Å². The Morgan fingerprint density at radius 1 is 1.06 bits per heavy atom. The molecule has 1 fully saturated rings. The van der Waals surface area contributed by atoms with Gasteiger partial charge in [0.2, 0.25) is 11.8 Å². The van der Waals surface area contributed by atoms with Crippen molar-refractivity contribution in [3.63, 3.8) is 0 Å². The lowest BCUT2D eigenvalue weighted by molar-refractivity contribution is -0.138. The van der Waals surface area contributed by atoms with Gasteiger partial charge in [-0.15, -0.1) is 0 Å². The van der Waals surface area contributed by atoms with Crippen LogP contribution in [0.2, 0.25) is 0 Å². The van der Waals surface area contributed by atoms with Gasteiger partial charge in [-0.3, -0.25) is 14.4 Å². The van der Waals surface area contributed by atoms with Gasteiger partial charge in [0.15, 0.2) is 0 Å². The Hall–Kier alpha value is -3.48. The number of rotatable bonds is 7. The molecule has 0 saturated carbocycles. The van der Waals surface area contributed by atoms with Gasteiger partial charge < -0.3 is 19.4 Å². The van der Waals surface area contributed by atoms with Gasteiger partial charge in [-0.25, -0.2) is 10.1 Å². The minimum absolute atomic E-state index is 0.0832. The molecule has 1 saturated heterocycles. The van der Waals surface area contributed by atoms with Gasteiger partial charge in [0.05, 0.1) is 37.1 Å². The summed E-state index contributed by atoms with van der Waals surface area (Å²) in [4.78, 5) is 45.5. The van der Waals surface area contributed by atoms with E-state index in [-0.39, 0.29) is 50.0 Å². The molecule has 13 heteroatoms. The van der Waals surface area contributed by atoms with Crippen LogP contribution >= 0.6 is 0 Å². The van der Waals surface area contributed by atoms with E-state index >= 15 is 0 Å². The first-order valence-electron chi connectivity index (χ1n) is 11.2. The number of H-pyrrole nitrogens is 1. The lowest BCUT2D eigenvalue weighted by Crippen LogP contribution is -2.49. The average molecular weight is 494 g/mol. The van der Waals surface area contributed by atoms with Gasteiger partial charge in [-0.2, -0.15) is 18.3 Å². The van der Waals surface area contributed by atoms with Gasteiger partial charge in [0.1, 0.15) is 5.82 Å². The first kappa shape index (κ1) is 24.6. The van der Waals surface area contributed by atoms with Crippen LogP contribution in [-0.2, 0) is 26.9 Å². The highest BCUT2D eigenvalue weighted by atomic mass is 19.4. The summed E-state index contributed by atoms with van der Waals surface area (Å²) >= 11 is 0. The zero-order valence-electron chi connectivity index (χ0n) is 18.9. The molecule has 2 amide bonds. The summed E-state index contributed by atoms with van der Waals surface area (Å²) in [6.45, 7) is 2.44. The Bertz CT molecular complexity index is 1110. The summed E-state index contributed by atoms with van der Waals surface area (Å²) in [7, 11) is 0. The first-order chi connectivity index (χ1) is 16.7. The highest BCUT2D eigenvalue weighted by Gasteiger charge is 2.31. The number of nitrogens with one attached hydrogen (secondary N) is 1. The second-order valence-electron chi connectivity index (χ2n) is 8.24. The van der Waals surface area contributed by atoms with Gasteiger partial charge in [0, 0.05) is 50.9 Å². The summed E-state index contributed by atoms with van der Waals surface area (Å²) < 4.78 is 43.7. The van der Waals surface area contributed by atoms with Crippen molar-refractivity contribution in [2.24, 2.45) is 0 Å². The van der Waals surface area contributed by atoms with E-state index in [1.54, 1.807) is 4.90 Å². The van der Waals surface area contributed by atoms with Crippen LogP contribution in [0, 0.1) is 0 Å². The number of alkyl halides is 3. The summed E-state index contributed by atoms with van der Waals surface area (Å²) in [6.07, 6.45) is -1.37. The lowest BCUT2D eigenvalue weighted by atomic mass is 10.0. The summed E-state index contributed by atoms with van der Waals surface area (Å²) in [6, 6.07) is 2.34. The molecular weight excluding hydrogens is 469 g/mol. The smallest absolute Gasteiger partial charge is 0.379 e. The summed E-state index contributed by atoms with van der Waals surface area (Å²) in [5.74, 6) is 0.254. The van der Waals surface area contributed by atoms with E-state index < -0.39 is 11.7 Å². The van der Waals surface area contributed by atoms with Crippen LogP contribution in [0.5, 0.6) is 0 Å². The number of pyridine rings is 1. The van der Waals surface area contributed by atoms with Gasteiger partial charge in [-0.05, 0) is 18.6 Å². The maximum atomic E-state index is 12.7. The van der Waals surface area contributed by atoms with Crippen LogP contribution in [0.15, 0.2) is 29.3 Å². The van der Waals surface area contributed by atoms with Crippen molar-refractivity contribution in [1.82, 2.24) is 20.1 Å². The second-order valence-corrected chi connectivity index (χ2v) is 8.24. The Labute approximate surface area is 198 Å². The van der Waals surface area contributed by atoms with E-state index in [0.29, 0.717) is 49.7 Å². The largest absolute Gasteiger partial charge is 0.417 e. The van der Waals surface area contributed by atoms with Crippen LogP contribution in [0.1, 0.15) is 24.0 Å². The normalized spacial score (nSPS) is 16.4. The molecule has 0 radical (unpaired) electrons. The van der Waals surface area contributed by atoms with Crippen LogP contribution < -0.4 is 15.4 Å². The number of hydrogen-bond donors (Lipinski definition) is 1. The Balaban J connectivity index is 1.18. The molecule has 0 aliphatic carbocycles. The molecule has 2 aliphatic heterocycles. The van der Waals surface area contributed by atoms with Crippen molar-refractivity contribution >= 4 is 23.3 Å². The Morgan fingerprint density at radius 2 is 1.83 bits per heavy atom. The van der Waals surface area contributed by atoms with Gasteiger partial charge >= 0.3 is 6.18 Å². The molecule has 2 aromatic heterocycles. The van der Waals surface area contributed by atoms with E-state index in [1.165, 1.54) is 17.2 Å². The van der Waals surface area contributed by atoms with Crippen molar-refractivity contribution in [3.8, 4) is 0 Å². The molecular formula is C22H25F3N6O4. The number of amides is 2. The van der Waals surface area contributed by atoms with Crippen molar-refractivity contribution in [1.29, 1.82) is 0 Å². The number of carbonyl (C=O) groups excluding carboxylic acids is 2. The second kappa shape index (κ2) is 10.4. The number of piperazine rings is 1. The monoisotopic (exact) mass is 494 g/mol. The molecule has 4 rings (SSSR count). The number of aromatic nitrogens is 3. The number of nitrogens with zero attached hydrogens (tertiary/aromatic N) is 5. The fourth-order valence-corrected chi connectivity index (χ4v) is 4.14. The summed E-state index contributed by atoms with van der Waals surface area (Å²) in [5.41, 5.74) is -0.0829. The van der Waals surface area contributed by atoms with E-state index in [9.17, 15) is 27.6 Å². The van der Waals surface area contributed by atoms with Crippen molar-refractivity contribution < 1.29 is 27.5 Å². The minimum atomic E-state index is -4.43. The molecule has 188 valence electrons. The fraction of sp³-hybridized carbons (Fsp3) is 0.500. The molecule has 0 spiro atoms. The molecule has 1 N–H and O–H groups in total. The third-order valence-electron chi connectivity index (χ3n) is 6.07. The third-order valence-corrected chi connectivity index (χ3v) is 6.07. The van der Waals surface area contributed by atoms with Crippen molar-refractivity contribution in [2.75, 3.05) is 55.7 Å². The number of carbonyl (C=O) groups is 2. The predicted octanol–water partition coefficient (Wildman–Crippen LogP) is 1.22. The standard InChI is InChI=1S/C22H25F3N6O4/c23-22(24,25)15-1-3-18(26-13-15)29-6-8-30(9-7-29)19(32)5-11-35-12-10-31-17-14-27-28-21(34)16(17)2-4-20(31)33/h1,3,13-14H,2,4-12H2,(H,28,34). The fourth-order valence-electron chi connectivity index (χ4n) is 4.14. The van der Waals surface area contributed by atoms with Crippen molar-refractivity contribution in [3.05, 3.63) is 46.0 Å². The molecule has 4 heterocycles. The highest BCUT2D eigenvalue weighted by molar-refractivity contribution is 5.96. The number of anilines is 2. The molecule has 2 aliphatic rings. The Morgan fingerprint density at radius 3 is 2.51 bits per heavy atom. The molecule has 0 unspecified atom stereocenters. The van der Waals surface area contributed by atoms with Crippen LogP contribution in [0.4, 0.5) is 24.7 Å². The lowest BCUT2D eigenvalue weighted by Gasteiger charge is -2.35. The van der Waals surface area contributed by atoms with E-state index in [1.807, 2.05) is 4.90 Å². The number of ether oxygens (including phenoxy) is 1. The predicted molar refractivity (Wildman–Crippen MR) is 119 cm³/mol.